The SMILES string of the molecule is C=CCN(C(=O)C(Cc1ccc(O)cc1)NC(=O)OC(C)(C)C)C(C(=O)NC(Cc1ccccc1)C(=O)OC(C)(C)C)c1ccc(C)c(C)c1. The van der Waals surface area contributed by atoms with Gasteiger partial charge in [-0.2, -0.15) is 0 Å². The number of carbonyl (C=O) groups excluding carboxylic acids is 4. The second-order valence-corrected chi connectivity index (χ2v) is 14.4. The number of phenolic OH excluding ortho intramolecular Hbond substituents is 1. The molecule has 0 heterocycles. The molecule has 0 fully saturated rings. The second-order valence-electron chi connectivity index (χ2n) is 14.4. The molecule has 3 rings (SSSR count). The van der Waals surface area contributed by atoms with Gasteiger partial charge in [-0.1, -0.05) is 66.7 Å². The Kier molecular flexibility index (Phi) is 13.4. The highest BCUT2D eigenvalue weighted by atomic mass is 16.6. The van der Waals surface area contributed by atoms with Crippen molar-refractivity contribution >= 4 is 23.9 Å². The molecule has 3 aromatic rings. The van der Waals surface area contributed by atoms with Crippen LogP contribution >= 0.6 is 0 Å². The summed E-state index contributed by atoms with van der Waals surface area (Å²) in [5.41, 5.74) is 2.19. The van der Waals surface area contributed by atoms with E-state index < -0.39 is 53.2 Å². The fourth-order valence-corrected chi connectivity index (χ4v) is 5.25. The van der Waals surface area contributed by atoms with Crippen LogP contribution in [0.4, 0.5) is 4.79 Å². The Hall–Kier alpha value is -5.12. The van der Waals surface area contributed by atoms with Gasteiger partial charge in [0.05, 0.1) is 0 Å². The number of ether oxygens (including phenoxy) is 2. The molecule has 0 bridgehead atoms. The van der Waals surface area contributed by atoms with Gasteiger partial charge in [-0.05, 0) is 95.3 Å². The molecule has 3 aromatic carbocycles. The number of carbonyl (C=O) groups is 4. The Balaban J connectivity index is 2.11. The Morgan fingerprint density at radius 3 is 1.92 bits per heavy atom. The lowest BCUT2D eigenvalue weighted by molar-refractivity contribution is -0.159. The van der Waals surface area contributed by atoms with E-state index in [1.54, 1.807) is 59.7 Å². The molecule has 10 nitrogen and oxygen atoms in total. The van der Waals surface area contributed by atoms with Gasteiger partial charge in [0.1, 0.15) is 35.1 Å². The van der Waals surface area contributed by atoms with E-state index >= 15 is 0 Å². The topological polar surface area (TPSA) is 134 Å². The third kappa shape index (κ3) is 12.1. The molecule has 0 saturated heterocycles. The van der Waals surface area contributed by atoms with Crippen molar-refractivity contribution in [2.24, 2.45) is 0 Å². The molecule has 0 saturated carbocycles. The Bertz CT molecular complexity index is 1640. The van der Waals surface area contributed by atoms with Crippen LogP contribution in [0.5, 0.6) is 5.75 Å². The number of aryl methyl sites for hydroxylation is 2. The van der Waals surface area contributed by atoms with Gasteiger partial charge < -0.3 is 30.1 Å². The van der Waals surface area contributed by atoms with E-state index in [9.17, 15) is 24.3 Å². The molecule has 0 aliphatic carbocycles. The molecule has 3 atom stereocenters. The maximum atomic E-state index is 14.7. The van der Waals surface area contributed by atoms with Crippen molar-refractivity contribution in [2.75, 3.05) is 6.54 Å². The van der Waals surface area contributed by atoms with Crippen molar-refractivity contribution < 1.29 is 33.8 Å². The molecule has 3 amide bonds. The van der Waals surface area contributed by atoms with Gasteiger partial charge in [-0.25, -0.2) is 9.59 Å². The molecule has 50 heavy (non-hydrogen) atoms. The molecule has 0 radical (unpaired) electrons. The first-order chi connectivity index (χ1) is 23.4. The predicted octanol–water partition coefficient (Wildman–Crippen LogP) is 6.27. The zero-order valence-corrected chi connectivity index (χ0v) is 30.4. The Morgan fingerprint density at radius 1 is 0.780 bits per heavy atom. The fourth-order valence-electron chi connectivity index (χ4n) is 5.25. The van der Waals surface area contributed by atoms with Gasteiger partial charge >= 0.3 is 12.1 Å². The number of hydrogen-bond acceptors (Lipinski definition) is 7. The summed E-state index contributed by atoms with van der Waals surface area (Å²) in [6.07, 6.45) is 0.870. The van der Waals surface area contributed by atoms with Crippen LogP contribution < -0.4 is 10.6 Å². The highest BCUT2D eigenvalue weighted by Crippen LogP contribution is 2.26. The first-order valence-corrected chi connectivity index (χ1v) is 16.7. The quantitative estimate of drug-likeness (QED) is 0.143. The number of alkyl carbamates (subject to hydrolysis) is 1. The highest BCUT2D eigenvalue weighted by Gasteiger charge is 2.38. The van der Waals surface area contributed by atoms with E-state index in [0.29, 0.717) is 11.1 Å². The summed E-state index contributed by atoms with van der Waals surface area (Å²) < 4.78 is 11.2. The summed E-state index contributed by atoms with van der Waals surface area (Å²) in [6, 6.07) is 17.5. The van der Waals surface area contributed by atoms with Crippen LogP contribution in [0.25, 0.3) is 0 Å². The summed E-state index contributed by atoms with van der Waals surface area (Å²) in [6.45, 7) is 18.0. The summed E-state index contributed by atoms with van der Waals surface area (Å²) in [5, 5.41) is 15.4. The molecular weight excluding hydrogens is 634 g/mol. The molecule has 0 aromatic heterocycles. The molecule has 0 aliphatic rings. The number of amides is 3. The van der Waals surface area contributed by atoms with Crippen LogP contribution in [0.2, 0.25) is 0 Å². The summed E-state index contributed by atoms with van der Waals surface area (Å²) in [5.74, 6) is -1.77. The normalized spacial score (nSPS) is 13.3. The van der Waals surface area contributed by atoms with E-state index in [-0.39, 0.29) is 25.1 Å². The van der Waals surface area contributed by atoms with Crippen molar-refractivity contribution in [3.8, 4) is 5.75 Å². The third-order valence-corrected chi connectivity index (χ3v) is 7.67. The fraction of sp³-hybridized carbons (Fsp3) is 0.400. The number of nitrogens with zero attached hydrogens (tertiary/aromatic N) is 1. The molecule has 3 unspecified atom stereocenters. The Labute approximate surface area is 295 Å². The van der Waals surface area contributed by atoms with Gasteiger partial charge in [0.2, 0.25) is 11.8 Å². The maximum absolute atomic E-state index is 14.7. The third-order valence-electron chi connectivity index (χ3n) is 7.67. The lowest BCUT2D eigenvalue weighted by Crippen LogP contribution is -2.55. The Morgan fingerprint density at radius 2 is 1.36 bits per heavy atom. The highest BCUT2D eigenvalue weighted by molar-refractivity contribution is 5.94. The van der Waals surface area contributed by atoms with E-state index in [2.05, 4.69) is 17.2 Å². The lowest BCUT2D eigenvalue weighted by Gasteiger charge is -2.35. The molecule has 0 spiro atoms. The largest absolute Gasteiger partial charge is 0.508 e. The minimum absolute atomic E-state index is 0.0296. The second kappa shape index (κ2) is 17.0. The molecule has 10 heteroatoms. The standard InChI is InChI=1S/C40H51N3O7/c1-10-22-43(36(46)32(42-38(48)50-40(7,8)9)24-29-17-20-31(44)21-18-29)34(30-19-16-26(2)27(3)23-30)35(45)41-33(37(47)49-39(4,5)6)25-28-14-12-11-13-15-28/h10-21,23,32-34,44H,1,22,24-25H2,2-9H3,(H,41,45)(H,42,48). The first-order valence-electron chi connectivity index (χ1n) is 16.7. The van der Waals surface area contributed by atoms with Crippen LogP contribution in [0.3, 0.4) is 0 Å². The van der Waals surface area contributed by atoms with Crippen LogP contribution in [0.15, 0.2) is 85.5 Å². The van der Waals surface area contributed by atoms with Crippen LogP contribution in [0.1, 0.15) is 75.4 Å². The number of esters is 1. The monoisotopic (exact) mass is 685 g/mol. The summed E-state index contributed by atoms with van der Waals surface area (Å²) in [7, 11) is 0. The zero-order chi connectivity index (χ0) is 37.2. The summed E-state index contributed by atoms with van der Waals surface area (Å²) >= 11 is 0. The zero-order valence-electron chi connectivity index (χ0n) is 30.4. The summed E-state index contributed by atoms with van der Waals surface area (Å²) in [4.78, 5) is 57.2. The minimum Gasteiger partial charge on any atom is -0.508 e. The number of rotatable bonds is 13. The van der Waals surface area contributed by atoms with Crippen LogP contribution in [0, 0.1) is 13.8 Å². The average molecular weight is 686 g/mol. The molecular formula is C40H51N3O7. The minimum atomic E-state index is -1.23. The van der Waals surface area contributed by atoms with Crippen molar-refractivity contribution in [1.82, 2.24) is 15.5 Å². The van der Waals surface area contributed by atoms with Crippen molar-refractivity contribution in [3.05, 3.63) is 113 Å². The molecule has 268 valence electrons. The van der Waals surface area contributed by atoms with Crippen molar-refractivity contribution in [3.63, 3.8) is 0 Å². The number of phenols is 1. The number of benzene rings is 3. The first kappa shape index (κ1) is 39.3. The number of hydrogen-bond donors (Lipinski definition) is 3. The van der Waals surface area contributed by atoms with E-state index in [4.69, 9.17) is 9.47 Å². The molecule has 0 aliphatic heterocycles. The van der Waals surface area contributed by atoms with Gasteiger partial charge in [-0.15, -0.1) is 6.58 Å². The van der Waals surface area contributed by atoms with Gasteiger partial charge in [0, 0.05) is 19.4 Å². The van der Waals surface area contributed by atoms with E-state index in [0.717, 1.165) is 16.7 Å². The van der Waals surface area contributed by atoms with Crippen LogP contribution in [-0.2, 0) is 36.7 Å². The van der Waals surface area contributed by atoms with Crippen LogP contribution in [-0.4, -0.2) is 63.7 Å². The predicted molar refractivity (Wildman–Crippen MR) is 193 cm³/mol. The van der Waals surface area contributed by atoms with Crippen molar-refractivity contribution in [1.29, 1.82) is 0 Å². The van der Waals surface area contributed by atoms with Crippen molar-refractivity contribution in [2.45, 2.75) is 97.6 Å². The van der Waals surface area contributed by atoms with E-state index in [1.165, 1.54) is 23.1 Å². The van der Waals surface area contributed by atoms with Gasteiger partial charge in [0.15, 0.2) is 0 Å². The number of aromatic hydroxyl groups is 1. The van der Waals surface area contributed by atoms with Gasteiger partial charge in [-0.3, -0.25) is 9.59 Å². The average Bonchev–Trinajstić information content (AvgIpc) is 3.01. The smallest absolute Gasteiger partial charge is 0.408 e. The maximum Gasteiger partial charge on any atom is 0.408 e. The lowest BCUT2D eigenvalue weighted by atomic mass is 9.96. The van der Waals surface area contributed by atoms with E-state index in [1.807, 2.05) is 56.3 Å². The molecule has 3 N–H and O–H groups in total. The number of nitrogens with one attached hydrogen (secondary N) is 2. The van der Waals surface area contributed by atoms with Gasteiger partial charge in [0.25, 0.3) is 0 Å².